The Morgan fingerprint density at radius 1 is 1.10 bits per heavy atom. The predicted molar refractivity (Wildman–Crippen MR) is 97.3 cm³/mol. The summed E-state index contributed by atoms with van der Waals surface area (Å²) < 4.78 is 0.959. The third-order valence-corrected chi connectivity index (χ3v) is 5.00. The SMILES string of the molecule is CC(C)(C)c1ccc(CC(=O)c2ccc(I)c(Cl)c2)cc1. The molecule has 2 aromatic rings. The molecule has 0 bridgehead atoms. The number of hydrogen-bond donors (Lipinski definition) is 0. The highest BCUT2D eigenvalue weighted by atomic mass is 127. The Balaban J connectivity index is 2.14. The summed E-state index contributed by atoms with van der Waals surface area (Å²) in [7, 11) is 0. The molecular formula is C18H18ClIO. The second-order valence-electron chi connectivity index (χ2n) is 6.18. The summed E-state index contributed by atoms with van der Waals surface area (Å²) in [6.45, 7) is 6.54. The maximum atomic E-state index is 12.3. The van der Waals surface area contributed by atoms with Crippen LogP contribution >= 0.6 is 34.2 Å². The van der Waals surface area contributed by atoms with Crippen LogP contribution in [0.5, 0.6) is 0 Å². The van der Waals surface area contributed by atoms with Gasteiger partial charge in [0.1, 0.15) is 0 Å². The molecule has 0 aromatic heterocycles. The molecule has 2 aromatic carbocycles. The normalized spacial score (nSPS) is 11.5. The van der Waals surface area contributed by atoms with Crippen LogP contribution in [0.25, 0.3) is 0 Å². The van der Waals surface area contributed by atoms with E-state index >= 15 is 0 Å². The molecule has 0 heterocycles. The fourth-order valence-electron chi connectivity index (χ4n) is 2.08. The number of benzene rings is 2. The summed E-state index contributed by atoms with van der Waals surface area (Å²) in [5.74, 6) is 0.0943. The Morgan fingerprint density at radius 3 is 2.24 bits per heavy atom. The zero-order valence-electron chi connectivity index (χ0n) is 12.4. The van der Waals surface area contributed by atoms with Crippen LogP contribution in [0.1, 0.15) is 42.3 Å². The smallest absolute Gasteiger partial charge is 0.167 e. The van der Waals surface area contributed by atoms with Crippen LogP contribution in [0.2, 0.25) is 5.02 Å². The van der Waals surface area contributed by atoms with E-state index in [0.717, 1.165) is 9.13 Å². The van der Waals surface area contributed by atoms with Crippen LogP contribution in [0, 0.1) is 3.57 Å². The first-order valence-corrected chi connectivity index (χ1v) is 8.31. The number of ketones is 1. The molecule has 0 atom stereocenters. The molecule has 0 saturated heterocycles. The van der Waals surface area contributed by atoms with E-state index in [0.29, 0.717) is 17.0 Å². The molecule has 0 unspecified atom stereocenters. The van der Waals surface area contributed by atoms with Crippen molar-refractivity contribution in [3.05, 3.63) is 67.7 Å². The van der Waals surface area contributed by atoms with E-state index in [2.05, 4.69) is 55.5 Å². The Labute approximate surface area is 144 Å². The van der Waals surface area contributed by atoms with E-state index in [1.165, 1.54) is 5.56 Å². The Morgan fingerprint density at radius 2 is 1.71 bits per heavy atom. The molecule has 0 amide bonds. The number of halogens is 2. The zero-order valence-corrected chi connectivity index (χ0v) is 15.3. The quantitative estimate of drug-likeness (QED) is 0.469. The van der Waals surface area contributed by atoms with Crippen LogP contribution in [0.3, 0.4) is 0 Å². The monoisotopic (exact) mass is 412 g/mol. The van der Waals surface area contributed by atoms with E-state index < -0.39 is 0 Å². The minimum atomic E-state index is 0.0943. The van der Waals surface area contributed by atoms with E-state index in [9.17, 15) is 4.79 Å². The topological polar surface area (TPSA) is 17.1 Å². The van der Waals surface area contributed by atoms with E-state index in [4.69, 9.17) is 11.6 Å². The van der Waals surface area contributed by atoms with Gasteiger partial charge in [-0.05, 0) is 51.3 Å². The maximum absolute atomic E-state index is 12.3. The molecule has 0 radical (unpaired) electrons. The lowest BCUT2D eigenvalue weighted by Gasteiger charge is -2.19. The van der Waals surface area contributed by atoms with Gasteiger partial charge in [0.15, 0.2) is 5.78 Å². The fraction of sp³-hybridized carbons (Fsp3) is 0.278. The average molecular weight is 413 g/mol. The van der Waals surface area contributed by atoms with Crippen LogP contribution in [-0.4, -0.2) is 5.78 Å². The second-order valence-corrected chi connectivity index (χ2v) is 7.75. The van der Waals surface area contributed by atoms with Crippen molar-refractivity contribution >= 4 is 40.0 Å². The molecule has 0 aliphatic carbocycles. The number of carbonyl (C=O) groups excluding carboxylic acids is 1. The van der Waals surface area contributed by atoms with Crippen molar-refractivity contribution in [3.63, 3.8) is 0 Å². The Hall–Kier alpha value is -0.870. The second kappa shape index (κ2) is 6.49. The lowest BCUT2D eigenvalue weighted by Crippen LogP contribution is -2.11. The first-order valence-electron chi connectivity index (χ1n) is 6.85. The van der Waals surface area contributed by atoms with Gasteiger partial charge in [-0.15, -0.1) is 0 Å². The molecule has 0 aliphatic heterocycles. The van der Waals surface area contributed by atoms with Gasteiger partial charge in [0, 0.05) is 15.6 Å². The molecule has 0 N–H and O–H groups in total. The van der Waals surface area contributed by atoms with Gasteiger partial charge in [-0.2, -0.15) is 0 Å². The van der Waals surface area contributed by atoms with Gasteiger partial charge in [-0.25, -0.2) is 0 Å². The third-order valence-electron chi connectivity index (χ3n) is 3.43. The minimum Gasteiger partial charge on any atom is -0.294 e. The minimum absolute atomic E-state index is 0.0943. The summed E-state index contributed by atoms with van der Waals surface area (Å²) in [6, 6.07) is 13.7. The molecule has 2 rings (SSSR count). The maximum Gasteiger partial charge on any atom is 0.167 e. The highest BCUT2D eigenvalue weighted by Crippen LogP contribution is 2.23. The summed E-state index contributed by atoms with van der Waals surface area (Å²) in [5.41, 5.74) is 3.10. The first-order chi connectivity index (χ1) is 9.77. The van der Waals surface area contributed by atoms with Gasteiger partial charge in [-0.3, -0.25) is 4.79 Å². The van der Waals surface area contributed by atoms with Gasteiger partial charge in [-0.1, -0.05) is 62.7 Å². The van der Waals surface area contributed by atoms with Crippen molar-refractivity contribution in [2.45, 2.75) is 32.6 Å². The predicted octanol–water partition coefficient (Wildman–Crippen LogP) is 5.67. The number of carbonyl (C=O) groups is 1. The molecule has 21 heavy (non-hydrogen) atoms. The number of rotatable bonds is 3. The molecule has 0 spiro atoms. The number of hydrogen-bond acceptors (Lipinski definition) is 1. The van der Waals surface area contributed by atoms with Gasteiger partial charge in [0.05, 0.1) is 5.02 Å². The van der Waals surface area contributed by atoms with Gasteiger partial charge < -0.3 is 0 Å². The van der Waals surface area contributed by atoms with Crippen LogP contribution in [0.4, 0.5) is 0 Å². The number of Topliss-reactive ketones (excluding diaryl/α,β-unsaturated/α-hetero) is 1. The zero-order chi connectivity index (χ0) is 15.6. The molecular weight excluding hydrogens is 395 g/mol. The first kappa shape index (κ1) is 16.5. The Bertz CT molecular complexity index is 654. The lowest BCUT2D eigenvalue weighted by molar-refractivity contribution is 0.0993. The summed E-state index contributed by atoms with van der Waals surface area (Å²) in [6.07, 6.45) is 0.404. The fourth-order valence-corrected chi connectivity index (χ4v) is 2.60. The third kappa shape index (κ3) is 4.30. The summed E-state index contributed by atoms with van der Waals surface area (Å²) in [5, 5.41) is 0.629. The summed E-state index contributed by atoms with van der Waals surface area (Å²) in [4.78, 5) is 12.3. The van der Waals surface area contributed by atoms with Gasteiger partial charge >= 0.3 is 0 Å². The Kier molecular flexibility index (Phi) is 5.10. The summed E-state index contributed by atoms with van der Waals surface area (Å²) >= 11 is 8.23. The highest BCUT2D eigenvalue weighted by Gasteiger charge is 2.14. The molecule has 0 fully saturated rings. The van der Waals surface area contributed by atoms with E-state index in [-0.39, 0.29) is 11.2 Å². The highest BCUT2D eigenvalue weighted by molar-refractivity contribution is 14.1. The van der Waals surface area contributed by atoms with Crippen LogP contribution in [0.15, 0.2) is 42.5 Å². The standard InChI is InChI=1S/C18H18ClIO/c1-18(2,3)14-7-4-12(5-8-14)10-17(21)13-6-9-16(20)15(19)11-13/h4-9,11H,10H2,1-3H3. The molecule has 3 heteroatoms. The van der Waals surface area contributed by atoms with Crippen molar-refractivity contribution < 1.29 is 4.79 Å². The lowest BCUT2D eigenvalue weighted by atomic mass is 9.86. The van der Waals surface area contributed by atoms with E-state index in [1.54, 1.807) is 6.07 Å². The van der Waals surface area contributed by atoms with Crippen LogP contribution in [-0.2, 0) is 11.8 Å². The van der Waals surface area contributed by atoms with Crippen molar-refractivity contribution in [1.29, 1.82) is 0 Å². The van der Waals surface area contributed by atoms with Crippen molar-refractivity contribution in [1.82, 2.24) is 0 Å². The van der Waals surface area contributed by atoms with Crippen molar-refractivity contribution in [3.8, 4) is 0 Å². The largest absolute Gasteiger partial charge is 0.294 e. The molecule has 1 nitrogen and oxygen atoms in total. The van der Waals surface area contributed by atoms with Crippen molar-refractivity contribution in [2.24, 2.45) is 0 Å². The van der Waals surface area contributed by atoms with Crippen molar-refractivity contribution in [2.75, 3.05) is 0 Å². The average Bonchev–Trinajstić information content (AvgIpc) is 2.41. The van der Waals surface area contributed by atoms with Gasteiger partial charge in [0.25, 0.3) is 0 Å². The van der Waals surface area contributed by atoms with Crippen LogP contribution < -0.4 is 0 Å². The van der Waals surface area contributed by atoms with Gasteiger partial charge in [0.2, 0.25) is 0 Å². The molecule has 110 valence electrons. The molecule has 0 saturated carbocycles. The molecule has 0 aliphatic rings. The van der Waals surface area contributed by atoms with E-state index in [1.807, 2.05) is 24.3 Å².